The lowest BCUT2D eigenvalue weighted by molar-refractivity contribution is 0.482. The van der Waals surface area contributed by atoms with E-state index in [4.69, 9.17) is 20.9 Å². The van der Waals surface area contributed by atoms with E-state index in [1.165, 1.54) is 0 Å². The predicted molar refractivity (Wildman–Crippen MR) is 127 cm³/mol. The molecule has 0 heterocycles. The molecule has 0 saturated heterocycles. The van der Waals surface area contributed by atoms with Crippen LogP contribution in [0.4, 0.5) is 11.4 Å². The van der Waals surface area contributed by atoms with Crippen LogP contribution in [0.3, 0.4) is 0 Å². The Bertz CT molecular complexity index is 1200. The summed E-state index contributed by atoms with van der Waals surface area (Å²) in [7, 11) is -2.68. The minimum absolute atomic E-state index is 0.608. The van der Waals surface area contributed by atoms with Crippen LogP contribution in [0.25, 0.3) is 0 Å². The molecule has 0 fully saturated rings. The van der Waals surface area contributed by atoms with Crippen molar-refractivity contribution in [3.63, 3.8) is 0 Å². The van der Waals surface area contributed by atoms with Crippen LogP contribution < -0.4 is 20.9 Å². The Morgan fingerprint density at radius 1 is 0.581 bits per heavy atom. The molecule has 4 N–H and O–H groups in total. The largest absolute Gasteiger partial charge is 0.457 e. The van der Waals surface area contributed by atoms with Gasteiger partial charge >= 0.3 is 0 Å². The van der Waals surface area contributed by atoms with Crippen molar-refractivity contribution in [1.82, 2.24) is 0 Å². The van der Waals surface area contributed by atoms with Crippen molar-refractivity contribution >= 4 is 26.8 Å². The summed E-state index contributed by atoms with van der Waals surface area (Å²) in [5, 5.41) is 0. The molecule has 0 unspecified atom stereocenters. The van der Waals surface area contributed by atoms with Crippen molar-refractivity contribution in [3.05, 3.63) is 97.1 Å². The molecule has 0 aliphatic carbocycles. The topological polar surface area (TPSA) is 87.6 Å². The van der Waals surface area contributed by atoms with Crippen molar-refractivity contribution in [2.24, 2.45) is 0 Å². The fourth-order valence-corrected chi connectivity index (χ4v) is 4.44. The Hall–Kier alpha value is -3.90. The first-order chi connectivity index (χ1) is 14.9. The van der Waals surface area contributed by atoms with Gasteiger partial charge in [-0.15, -0.1) is 0 Å². The molecular weight excluding hydrogens is 408 g/mol. The highest BCUT2D eigenvalue weighted by molar-refractivity contribution is 8.00. The maximum absolute atomic E-state index is 13.4. The van der Waals surface area contributed by atoms with Gasteiger partial charge in [0.2, 0.25) is 0 Å². The van der Waals surface area contributed by atoms with Crippen LogP contribution in [0.1, 0.15) is 0 Å². The average molecular weight is 431 g/mol. The first-order valence-corrected chi connectivity index (χ1v) is 11.3. The summed E-state index contributed by atoms with van der Waals surface area (Å²) < 4.78 is 25.0. The average Bonchev–Trinajstić information content (AvgIpc) is 2.75. The molecule has 5 nitrogen and oxygen atoms in total. The van der Waals surface area contributed by atoms with E-state index in [-0.39, 0.29) is 0 Å². The van der Waals surface area contributed by atoms with Gasteiger partial charge < -0.3 is 20.9 Å². The van der Waals surface area contributed by atoms with Gasteiger partial charge in [0, 0.05) is 42.8 Å². The number of hydrogen-bond acceptors (Lipinski definition) is 5. The molecule has 0 bridgehead atoms. The molecule has 0 aliphatic rings. The van der Waals surface area contributed by atoms with Crippen molar-refractivity contribution < 1.29 is 13.7 Å². The van der Waals surface area contributed by atoms with Gasteiger partial charge in [0.25, 0.3) is 0 Å². The summed E-state index contributed by atoms with van der Waals surface area (Å²) in [6.07, 6.45) is 0. The number of nitrogen functional groups attached to an aromatic ring is 2. The molecule has 156 valence electrons. The van der Waals surface area contributed by atoms with E-state index in [0.717, 1.165) is 0 Å². The maximum atomic E-state index is 13.4. The molecule has 31 heavy (non-hydrogen) atoms. The molecule has 0 radical (unpaired) electrons. The van der Waals surface area contributed by atoms with E-state index in [2.05, 4.69) is 5.87 Å². The Morgan fingerprint density at radius 3 is 1.32 bits per heavy atom. The lowest BCUT2D eigenvalue weighted by Gasteiger charge is -2.12. The van der Waals surface area contributed by atoms with E-state index < -0.39 is 9.52 Å². The Balaban J connectivity index is 1.50. The number of rotatable bonds is 6. The first kappa shape index (κ1) is 20.4. The van der Waals surface area contributed by atoms with Gasteiger partial charge in [-0.05, 0) is 78.7 Å². The SMILES string of the molecule is C=S(=O)(c1ccc(Oc2cccc(N)c2)cc1)c1ccc(Oc2cccc(N)c2)cc1. The summed E-state index contributed by atoms with van der Waals surface area (Å²) in [5.74, 6) is 6.49. The Kier molecular flexibility index (Phi) is 5.56. The summed E-state index contributed by atoms with van der Waals surface area (Å²) in [6, 6.07) is 28.4. The van der Waals surface area contributed by atoms with Crippen molar-refractivity contribution in [2.75, 3.05) is 11.5 Å². The minimum Gasteiger partial charge on any atom is -0.457 e. The second-order valence-corrected chi connectivity index (χ2v) is 9.26. The fourth-order valence-electron chi connectivity index (χ4n) is 3.02. The van der Waals surface area contributed by atoms with Crippen LogP contribution in [0.5, 0.6) is 23.0 Å². The minimum atomic E-state index is -2.68. The van der Waals surface area contributed by atoms with Gasteiger partial charge in [-0.2, -0.15) is 0 Å². The highest BCUT2D eigenvalue weighted by atomic mass is 32.2. The lowest BCUT2D eigenvalue weighted by Crippen LogP contribution is -2.01. The van der Waals surface area contributed by atoms with Gasteiger partial charge in [-0.1, -0.05) is 12.1 Å². The van der Waals surface area contributed by atoms with Gasteiger partial charge in [0.05, 0.1) is 0 Å². The molecule has 4 aromatic rings. The molecule has 4 aromatic carbocycles. The molecule has 0 atom stereocenters. The van der Waals surface area contributed by atoms with Gasteiger partial charge in [-0.3, -0.25) is 4.21 Å². The van der Waals surface area contributed by atoms with Crippen LogP contribution >= 0.6 is 0 Å². The standard InChI is InChI=1S/C25H22N2O3S/c1-31(28,24-12-8-20(9-13-24)29-22-6-2-4-18(26)16-22)25-14-10-21(11-15-25)30-23-7-3-5-19(27)17-23/h2-17H,1,26-27H2. The molecule has 0 saturated carbocycles. The smallest absolute Gasteiger partial charge is 0.129 e. The quantitative estimate of drug-likeness (QED) is 0.308. The zero-order chi connectivity index (χ0) is 21.8. The summed E-state index contributed by atoms with van der Waals surface area (Å²) in [4.78, 5) is 1.22. The second kappa shape index (κ2) is 8.45. The number of hydrogen-bond donors (Lipinski definition) is 2. The molecule has 0 spiro atoms. The third-order valence-electron chi connectivity index (χ3n) is 4.60. The van der Waals surface area contributed by atoms with Crippen LogP contribution in [-0.4, -0.2) is 10.1 Å². The first-order valence-electron chi connectivity index (χ1n) is 9.54. The second-order valence-electron chi connectivity index (χ2n) is 6.97. The molecule has 0 aromatic heterocycles. The van der Waals surface area contributed by atoms with Crippen LogP contribution in [0.2, 0.25) is 0 Å². The van der Waals surface area contributed by atoms with Crippen molar-refractivity contribution in [1.29, 1.82) is 0 Å². The number of anilines is 2. The van der Waals surface area contributed by atoms with Crippen LogP contribution in [0.15, 0.2) is 107 Å². The zero-order valence-electron chi connectivity index (χ0n) is 16.7. The van der Waals surface area contributed by atoms with E-state index >= 15 is 0 Å². The van der Waals surface area contributed by atoms with Gasteiger partial charge in [-0.25, -0.2) is 0 Å². The fraction of sp³-hybridized carbons (Fsp3) is 0. The highest BCUT2D eigenvalue weighted by Gasteiger charge is 2.12. The Morgan fingerprint density at radius 2 is 0.968 bits per heavy atom. The van der Waals surface area contributed by atoms with E-state index in [1.54, 1.807) is 72.8 Å². The monoisotopic (exact) mass is 430 g/mol. The summed E-state index contributed by atoms with van der Waals surface area (Å²) in [6.45, 7) is 0. The molecule has 4 rings (SSSR count). The number of benzene rings is 4. The van der Waals surface area contributed by atoms with Gasteiger partial charge in [0.15, 0.2) is 0 Å². The normalized spacial score (nSPS) is 11.1. The maximum Gasteiger partial charge on any atom is 0.129 e. The van der Waals surface area contributed by atoms with Gasteiger partial charge in [0.1, 0.15) is 23.0 Å². The molecular formula is C25H22N2O3S. The zero-order valence-corrected chi connectivity index (χ0v) is 17.5. The van der Waals surface area contributed by atoms with E-state index in [1.807, 2.05) is 24.3 Å². The van der Waals surface area contributed by atoms with Crippen molar-refractivity contribution in [2.45, 2.75) is 9.79 Å². The van der Waals surface area contributed by atoms with Crippen LogP contribution in [0, 0.1) is 0 Å². The summed E-state index contributed by atoms with van der Waals surface area (Å²) in [5.41, 5.74) is 12.8. The molecule has 6 heteroatoms. The summed E-state index contributed by atoms with van der Waals surface area (Å²) >= 11 is 0. The van der Waals surface area contributed by atoms with Crippen LogP contribution in [-0.2, 0) is 9.52 Å². The third kappa shape index (κ3) is 4.82. The lowest BCUT2D eigenvalue weighted by atomic mass is 10.3. The predicted octanol–water partition coefficient (Wildman–Crippen LogP) is 5.57. The Labute approximate surface area is 181 Å². The highest BCUT2D eigenvalue weighted by Crippen LogP contribution is 2.29. The van der Waals surface area contributed by atoms with E-state index in [9.17, 15) is 4.21 Å². The molecule has 0 amide bonds. The molecule has 0 aliphatic heterocycles. The number of ether oxygens (including phenoxy) is 2. The number of nitrogens with two attached hydrogens (primary N) is 2. The third-order valence-corrected chi connectivity index (χ3v) is 6.66. The van der Waals surface area contributed by atoms with Crippen molar-refractivity contribution in [3.8, 4) is 23.0 Å². The van der Waals surface area contributed by atoms with E-state index in [0.29, 0.717) is 44.2 Å².